The van der Waals surface area contributed by atoms with Gasteiger partial charge in [0.05, 0.1) is 13.7 Å². The number of methoxy groups -OCH3 is 1. The van der Waals surface area contributed by atoms with Crippen LogP contribution in [-0.2, 0) is 4.74 Å². The quantitative estimate of drug-likeness (QED) is 0.766. The minimum Gasteiger partial charge on any atom is -0.491 e. The molecule has 0 spiro atoms. The van der Waals surface area contributed by atoms with Crippen molar-refractivity contribution in [3.8, 4) is 5.75 Å². The van der Waals surface area contributed by atoms with E-state index >= 15 is 0 Å². The highest BCUT2D eigenvalue weighted by Crippen LogP contribution is 2.39. The summed E-state index contributed by atoms with van der Waals surface area (Å²) in [7, 11) is 1.41. The SMILES string of the molecule is COC(=O)c1sc(C)c(C)c1OCC(C)C1CC1. The van der Waals surface area contributed by atoms with Crippen LogP contribution >= 0.6 is 11.3 Å². The van der Waals surface area contributed by atoms with E-state index in [1.807, 2.05) is 13.8 Å². The van der Waals surface area contributed by atoms with Gasteiger partial charge in [0.1, 0.15) is 5.75 Å². The highest BCUT2D eigenvalue weighted by atomic mass is 32.1. The van der Waals surface area contributed by atoms with E-state index in [1.54, 1.807) is 0 Å². The van der Waals surface area contributed by atoms with E-state index in [0.717, 1.165) is 22.1 Å². The van der Waals surface area contributed by atoms with Gasteiger partial charge in [-0.3, -0.25) is 0 Å². The summed E-state index contributed by atoms with van der Waals surface area (Å²) >= 11 is 1.45. The molecule has 100 valence electrons. The molecule has 1 fully saturated rings. The van der Waals surface area contributed by atoms with Crippen LogP contribution in [0, 0.1) is 25.7 Å². The number of rotatable bonds is 5. The largest absolute Gasteiger partial charge is 0.491 e. The molecule has 18 heavy (non-hydrogen) atoms. The van der Waals surface area contributed by atoms with Gasteiger partial charge in [0.2, 0.25) is 0 Å². The maximum absolute atomic E-state index is 11.7. The molecule has 1 aromatic rings. The summed E-state index contributed by atoms with van der Waals surface area (Å²) in [6, 6.07) is 0. The first-order chi connectivity index (χ1) is 8.54. The van der Waals surface area contributed by atoms with Crippen LogP contribution in [0.5, 0.6) is 5.75 Å². The van der Waals surface area contributed by atoms with Crippen molar-refractivity contribution < 1.29 is 14.3 Å². The highest BCUT2D eigenvalue weighted by molar-refractivity contribution is 7.14. The first-order valence-electron chi connectivity index (χ1n) is 6.35. The van der Waals surface area contributed by atoms with Gasteiger partial charge in [0.25, 0.3) is 0 Å². The molecule has 4 heteroatoms. The Morgan fingerprint density at radius 1 is 1.44 bits per heavy atom. The Hall–Kier alpha value is -1.03. The molecule has 1 aromatic heterocycles. The van der Waals surface area contributed by atoms with Crippen molar-refractivity contribution in [1.82, 2.24) is 0 Å². The lowest BCUT2D eigenvalue weighted by atomic mass is 10.1. The number of carbonyl (C=O) groups excluding carboxylic acids is 1. The van der Waals surface area contributed by atoms with Crippen LogP contribution in [0.1, 0.15) is 39.9 Å². The molecular formula is C14H20O3S. The van der Waals surface area contributed by atoms with Gasteiger partial charge in [0.15, 0.2) is 4.88 Å². The van der Waals surface area contributed by atoms with Gasteiger partial charge in [-0.05, 0) is 38.5 Å². The molecule has 1 unspecified atom stereocenters. The second kappa shape index (κ2) is 5.31. The van der Waals surface area contributed by atoms with E-state index in [-0.39, 0.29) is 5.97 Å². The zero-order valence-electron chi connectivity index (χ0n) is 11.4. The predicted molar refractivity (Wildman–Crippen MR) is 72.5 cm³/mol. The third kappa shape index (κ3) is 2.69. The summed E-state index contributed by atoms with van der Waals surface area (Å²) in [5.74, 6) is 1.80. The van der Waals surface area contributed by atoms with Gasteiger partial charge >= 0.3 is 5.97 Å². The van der Waals surface area contributed by atoms with E-state index in [1.165, 1.54) is 31.3 Å². The lowest BCUT2D eigenvalue weighted by Gasteiger charge is -2.13. The smallest absolute Gasteiger partial charge is 0.351 e. The van der Waals surface area contributed by atoms with E-state index in [0.29, 0.717) is 17.4 Å². The van der Waals surface area contributed by atoms with Crippen molar-refractivity contribution in [2.45, 2.75) is 33.6 Å². The van der Waals surface area contributed by atoms with Gasteiger partial charge < -0.3 is 9.47 Å². The summed E-state index contributed by atoms with van der Waals surface area (Å²) < 4.78 is 10.7. The second-order valence-corrected chi connectivity index (χ2v) is 6.28. The van der Waals surface area contributed by atoms with Crippen LogP contribution < -0.4 is 4.74 Å². The fraction of sp³-hybridized carbons (Fsp3) is 0.643. The molecule has 0 N–H and O–H groups in total. The Morgan fingerprint density at radius 3 is 2.67 bits per heavy atom. The Labute approximate surface area is 112 Å². The van der Waals surface area contributed by atoms with Crippen LogP contribution in [0.3, 0.4) is 0 Å². The number of aryl methyl sites for hydroxylation is 1. The number of thiophene rings is 1. The van der Waals surface area contributed by atoms with Crippen molar-refractivity contribution in [1.29, 1.82) is 0 Å². The third-order valence-electron chi connectivity index (χ3n) is 3.62. The molecule has 0 bridgehead atoms. The summed E-state index contributed by atoms with van der Waals surface area (Å²) in [4.78, 5) is 13.4. The van der Waals surface area contributed by atoms with Crippen LogP contribution in [0.25, 0.3) is 0 Å². The molecule has 0 radical (unpaired) electrons. The minimum atomic E-state index is -0.301. The average Bonchev–Trinajstić information content (AvgIpc) is 3.16. The van der Waals surface area contributed by atoms with Gasteiger partial charge in [-0.2, -0.15) is 0 Å². The highest BCUT2D eigenvalue weighted by Gasteiger charge is 2.29. The fourth-order valence-electron chi connectivity index (χ4n) is 2.02. The maximum atomic E-state index is 11.7. The average molecular weight is 268 g/mol. The Kier molecular flexibility index (Phi) is 3.95. The molecule has 0 aromatic carbocycles. The second-order valence-electron chi connectivity index (χ2n) is 5.06. The molecule has 0 saturated heterocycles. The van der Waals surface area contributed by atoms with Crippen molar-refractivity contribution in [2.24, 2.45) is 11.8 Å². The van der Waals surface area contributed by atoms with Crippen LogP contribution in [0.15, 0.2) is 0 Å². The standard InChI is InChI=1S/C14H20O3S/c1-8(11-5-6-11)7-17-12-9(2)10(3)18-13(12)14(15)16-4/h8,11H,5-7H2,1-4H3. The molecular weight excluding hydrogens is 248 g/mol. The monoisotopic (exact) mass is 268 g/mol. The van der Waals surface area contributed by atoms with E-state index in [4.69, 9.17) is 9.47 Å². The van der Waals surface area contributed by atoms with Crippen molar-refractivity contribution in [3.05, 3.63) is 15.3 Å². The van der Waals surface area contributed by atoms with Crippen molar-refractivity contribution >= 4 is 17.3 Å². The Morgan fingerprint density at radius 2 is 2.11 bits per heavy atom. The van der Waals surface area contributed by atoms with Crippen LogP contribution in [0.4, 0.5) is 0 Å². The number of hydrogen-bond acceptors (Lipinski definition) is 4. The maximum Gasteiger partial charge on any atom is 0.351 e. The molecule has 3 nitrogen and oxygen atoms in total. The van der Waals surface area contributed by atoms with E-state index < -0.39 is 0 Å². The molecule has 1 aliphatic carbocycles. The van der Waals surface area contributed by atoms with Crippen LogP contribution in [-0.4, -0.2) is 19.7 Å². The molecule has 1 aliphatic rings. The molecule has 0 aliphatic heterocycles. The van der Waals surface area contributed by atoms with E-state index in [2.05, 4.69) is 6.92 Å². The number of hydrogen-bond donors (Lipinski definition) is 0. The number of esters is 1. The number of ether oxygens (including phenoxy) is 2. The lowest BCUT2D eigenvalue weighted by molar-refractivity contribution is 0.0601. The van der Waals surface area contributed by atoms with Crippen molar-refractivity contribution in [3.63, 3.8) is 0 Å². The van der Waals surface area contributed by atoms with E-state index in [9.17, 15) is 4.79 Å². The first-order valence-corrected chi connectivity index (χ1v) is 7.17. The Balaban J connectivity index is 2.11. The topological polar surface area (TPSA) is 35.5 Å². The zero-order chi connectivity index (χ0) is 13.3. The van der Waals surface area contributed by atoms with Crippen molar-refractivity contribution in [2.75, 3.05) is 13.7 Å². The van der Waals surface area contributed by atoms with Gasteiger partial charge in [-0.15, -0.1) is 11.3 Å². The lowest BCUT2D eigenvalue weighted by Crippen LogP contribution is -2.12. The van der Waals surface area contributed by atoms with Crippen LogP contribution in [0.2, 0.25) is 0 Å². The molecule has 0 amide bonds. The fourth-order valence-corrected chi connectivity index (χ4v) is 3.05. The summed E-state index contributed by atoms with van der Waals surface area (Å²) in [6.45, 7) is 6.90. The summed E-state index contributed by atoms with van der Waals surface area (Å²) in [5, 5.41) is 0. The molecule has 1 heterocycles. The Bertz CT molecular complexity index is 446. The summed E-state index contributed by atoms with van der Waals surface area (Å²) in [5.41, 5.74) is 1.06. The number of carbonyl (C=O) groups is 1. The first kappa shape index (κ1) is 13.4. The third-order valence-corrected chi connectivity index (χ3v) is 4.79. The predicted octanol–water partition coefficient (Wildman–Crippen LogP) is 3.58. The molecule has 2 rings (SSSR count). The minimum absolute atomic E-state index is 0.301. The van der Waals surface area contributed by atoms with Gasteiger partial charge in [-0.1, -0.05) is 6.92 Å². The van der Waals surface area contributed by atoms with Gasteiger partial charge in [0, 0.05) is 10.4 Å². The molecule has 1 saturated carbocycles. The van der Waals surface area contributed by atoms with Gasteiger partial charge in [-0.25, -0.2) is 4.79 Å². The normalized spacial score (nSPS) is 16.4. The summed E-state index contributed by atoms with van der Waals surface area (Å²) in [6.07, 6.45) is 2.63. The molecule has 1 atom stereocenters. The zero-order valence-corrected chi connectivity index (χ0v) is 12.2.